The Bertz CT molecular complexity index is 350. The van der Waals surface area contributed by atoms with Crippen molar-refractivity contribution < 1.29 is 14.3 Å². The molecular weight excluding hydrogens is 206 g/mol. The van der Waals surface area contributed by atoms with E-state index in [2.05, 4.69) is 0 Å². The van der Waals surface area contributed by atoms with Gasteiger partial charge >= 0.3 is 5.97 Å². The molecule has 0 amide bonds. The molecule has 0 aromatic heterocycles. The highest BCUT2D eigenvalue weighted by Crippen LogP contribution is 2.22. The van der Waals surface area contributed by atoms with Crippen LogP contribution in [-0.4, -0.2) is 19.2 Å². The first kappa shape index (κ1) is 12.5. The first-order valence-electron chi connectivity index (χ1n) is 5.28. The van der Waals surface area contributed by atoms with Crippen LogP contribution in [-0.2, 0) is 9.53 Å². The predicted octanol–water partition coefficient (Wildman–Crippen LogP) is 1.65. The quantitative estimate of drug-likeness (QED) is 0.771. The minimum Gasteiger partial charge on any atom is -0.482 e. The van der Waals surface area contributed by atoms with Gasteiger partial charge in [0.25, 0.3) is 0 Å². The average Bonchev–Trinajstić information content (AvgIpc) is 2.27. The van der Waals surface area contributed by atoms with E-state index in [-0.39, 0.29) is 18.6 Å². The van der Waals surface area contributed by atoms with Crippen molar-refractivity contribution in [3.63, 3.8) is 0 Å². The van der Waals surface area contributed by atoms with Crippen LogP contribution in [0, 0.1) is 0 Å². The largest absolute Gasteiger partial charge is 0.482 e. The maximum Gasteiger partial charge on any atom is 0.344 e. The number of nitrogens with two attached hydrogens (primary N) is 1. The Morgan fingerprint density at radius 2 is 2.12 bits per heavy atom. The summed E-state index contributed by atoms with van der Waals surface area (Å²) in [5, 5.41) is 0. The van der Waals surface area contributed by atoms with Gasteiger partial charge in [-0.05, 0) is 19.9 Å². The maximum atomic E-state index is 11.1. The van der Waals surface area contributed by atoms with Crippen LogP contribution in [0.1, 0.15) is 25.5 Å². The van der Waals surface area contributed by atoms with Gasteiger partial charge < -0.3 is 15.2 Å². The minimum atomic E-state index is -0.373. The number of esters is 1. The van der Waals surface area contributed by atoms with Gasteiger partial charge in [-0.25, -0.2) is 4.79 Å². The molecule has 0 saturated heterocycles. The van der Waals surface area contributed by atoms with Crippen molar-refractivity contribution in [3.8, 4) is 5.75 Å². The monoisotopic (exact) mass is 223 g/mol. The standard InChI is InChI=1S/C12H17NO3/c1-3-15-12(14)8-16-11-7-5-4-6-10(11)9(2)13/h4-7,9H,3,8,13H2,1-2H3/t9-/m0/s1. The van der Waals surface area contributed by atoms with Gasteiger partial charge in [0.2, 0.25) is 0 Å². The maximum absolute atomic E-state index is 11.1. The number of para-hydroxylation sites is 1. The molecule has 0 heterocycles. The van der Waals surface area contributed by atoms with E-state index in [1.54, 1.807) is 13.0 Å². The first-order valence-corrected chi connectivity index (χ1v) is 5.28. The molecule has 0 radical (unpaired) electrons. The van der Waals surface area contributed by atoms with E-state index in [0.29, 0.717) is 12.4 Å². The van der Waals surface area contributed by atoms with Crippen LogP contribution in [0.5, 0.6) is 5.75 Å². The second-order valence-corrected chi connectivity index (χ2v) is 3.42. The summed E-state index contributed by atoms with van der Waals surface area (Å²) in [5.74, 6) is 0.257. The van der Waals surface area contributed by atoms with Crippen LogP contribution >= 0.6 is 0 Å². The zero-order valence-corrected chi connectivity index (χ0v) is 9.60. The van der Waals surface area contributed by atoms with Gasteiger partial charge in [-0.3, -0.25) is 0 Å². The number of carbonyl (C=O) groups is 1. The molecule has 1 atom stereocenters. The molecule has 2 N–H and O–H groups in total. The molecule has 88 valence electrons. The van der Waals surface area contributed by atoms with Crippen molar-refractivity contribution in [1.82, 2.24) is 0 Å². The lowest BCUT2D eigenvalue weighted by atomic mass is 10.1. The summed E-state index contributed by atoms with van der Waals surface area (Å²) < 4.78 is 10.1. The Balaban J connectivity index is 2.63. The summed E-state index contributed by atoms with van der Waals surface area (Å²) in [5.41, 5.74) is 6.66. The second kappa shape index (κ2) is 6.12. The smallest absolute Gasteiger partial charge is 0.344 e. The molecule has 0 saturated carbocycles. The van der Waals surface area contributed by atoms with Crippen LogP contribution in [0.4, 0.5) is 0 Å². The fraction of sp³-hybridized carbons (Fsp3) is 0.417. The summed E-state index contributed by atoms with van der Waals surface area (Å²) in [4.78, 5) is 11.1. The third-order valence-electron chi connectivity index (χ3n) is 2.06. The van der Waals surface area contributed by atoms with Gasteiger partial charge in [-0.1, -0.05) is 18.2 Å². The molecule has 16 heavy (non-hydrogen) atoms. The third kappa shape index (κ3) is 3.55. The number of carbonyl (C=O) groups excluding carboxylic acids is 1. The Labute approximate surface area is 95.3 Å². The van der Waals surface area contributed by atoms with Crippen molar-refractivity contribution in [3.05, 3.63) is 29.8 Å². The Morgan fingerprint density at radius 1 is 1.44 bits per heavy atom. The molecule has 0 bridgehead atoms. The second-order valence-electron chi connectivity index (χ2n) is 3.42. The lowest BCUT2D eigenvalue weighted by Gasteiger charge is -2.13. The zero-order valence-electron chi connectivity index (χ0n) is 9.60. The number of ether oxygens (including phenoxy) is 2. The molecule has 4 nitrogen and oxygen atoms in total. The van der Waals surface area contributed by atoms with Crippen molar-refractivity contribution in [1.29, 1.82) is 0 Å². The van der Waals surface area contributed by atoms with Crippen LogP contribution in [0.15, 0.2) is 24.3 Å². The lowest BCUT2D eigenvalue weighted by Crippen LogP contribution is -2.16. The van der Waals surface area contributed by atoms with Crippen LogP contribution < -0.4 is 10.5 Å². The Morgan fingerprint density at radius 3 is 2.75 bits per heavy atom. The van der Waals surface area contributed by atoms with Gasteiger partial charge in [0.05, 0.1) is 6.61 Å². The summed E-state index contributed by atoms with van der Waals surface area (Å²) in [6, 6.07) is 7.27. The van der Waals surface area contributed by atoms with Gasteiger partial charge in [0.15, 0.2) is 6.61 Å². The van der Waals surface area contributed by atoms with Crippen LogP contribution in [0.2, 0.25) is 0 Å². The summed E-state index contributed by atoms with van der Waals surface area (Å²) >= 11 is 0. The molecule has 0 fully saturated rings. The molecule has 0 spiro atoms. The van der Waals surface area contributed by atoms with E-state index in [1.807, 2.05) is 25.1 Å². The normalized spacial score (nSPS) is 11.9. The average molecular weight is 223 g/mol. The van der Waals surface area contributed by atoms with E-state index >= 15 is 0 Å². The van der Waals surface area contributed by atoms with Crippen molar-refractivity contribution in [2.75, 3.05) is 13.2 Å². The fourth-order valence-electron chi connectivity index (χ4n) is 1.33. The van der Waals surface area contributed by atoms with E-state index in [1.165, 1.54) is 0 Å². The lowest BCUT2D eigenvalue weighted by molar-refractivity contribution is -0.145. The van der Waals surface area contributed by atoms with Crippen LogP contribution in [0.25, 0.3) is 0 Å². The molecule has 0 aliphatic heterocycles. The van der Waals surface area contributed by atoms with E-state index < -0.39 is 0 Å². The molecule has 0 aliphatic carbocycles. The van der Waals surface area contributed by atoms with Gasteiger partial charge in [-0.15, -0.1) is 0 Å². The fourth-order valence-corrected chi connectivity index (χ4v) is 1.33. The topological polar surface area (TPSA) is 61.5 Å². The molecule has 0 unspecified atom stereocenters. The molecule has 4 heteroatoms. The SMILES string of the molecule is CCOC(=O)COc1ccccc1[C@H](C)N. The van der Waals surface area contributed by atoms with Gasteiger partial charge in [0.1, 0.15) is 5.75 Å². The van der Waals surface area contributed by atoms with Crippen molar-refractivity contribution in [2.24, 2.45) is 5.73 Å². The Hall–Kier alpha value is -1.55. The minimum absolute atomic E-state index is 0.0857. The molecule has 0 aliphatic rings. The Kier molecular flexibility index (Phi) is 4.79. The first-order chi connectivity index (χ1) is 7.65. The highest BCUT2D eigenvalue weighted by atomic mass is 16.6. The van der Waals surface area contributed by atoms with Crippen LogP contribution in [0.3, 0.4) is 0 Å². The van der Waals surface area contributed by atoms with Crippen molar-refractivity contribution in [2.45, 2.75) is 19.9 Å². The molecule has 1 aromatic rings. The number of rotatable bonds is 5. The number of hydrogen-bond donors (Lipinski definition) is 1. The van der Waals surface area contributed by atoms with E-state index in [0.717, 1.165) is 5.56 Å². The highest BCUT2D eigenvalue weighted by Gasteiger charge is 2.09. The van der Waals surface area contributed by atoms with Crippen molar-refractivity contribution >= 4 is 5.97 Å². The third-order valence-corrected chi connectivity index (χ3v) is 2.06. The summed E-state index contributed by atoms with van der Waals surface area (Å²) in [6.07, 6.45) is 0. The summed E-state index contributed by atoms with van der Waals surface area (Å²) in [7, 11) is 0. The van der Waals surface area contributed by atoms with Gasteiger partial charge in [0, 0.05) is 11.6 Å². The number of hydrogen-bond acceptors (Lipinski definition) is 4. The van der Waals surface area contributed by atoms with Gasteiger partial charge in [-0.2, -0.15) is 0 Å². The predicted molar refractivity (Wildman–Crippen MR) is 61.2 cm³/mol. The number of benzene rings is 1. The molecule has 1 rings (SSSR count). The highest BCUT2D eigenvalue weighted by molar-refractivity contribution is 5.71. The molecular formula is C12H17NO3. The zero-order chi connectivity index (χ0) is 12.0. The van der Waals surface area contributed by atoms with E-state index in [9.17, 15) is 4.79 Å². The summed E-state index contributed by atoms with van der Waals surface area (Å²) in [6.45, 7) is 3.90. The van der Waals surface area contributed by atoms with E-state index in [4.69, 9.17) is 15.2 Å². The molecule has 1 aromatic carbocycles.